The molecule has 1 aliphatic rings. The number of piperazine rings is 1. The summed E-state index contributed by atoms with van der Waals surface area (Å²) in [5.74, 6) is 1.49. The van der Waals surface area contributed by atoms with Gasteiger partial charge in [-0.2, -0.15) is 0 Å². The molecule has 0 radical (unpaired) electrons. The molecular weight excluding hydrogens is 344 g/mol. The van der Waals surface area contributed by atoms with Crippen LogP contribution in [0, 0.1) is 19.8 Å². The van der Waals surface area contributed by atoms with Crippen LogP contribution in [0.25, 0.3) is 0 Å². The van der Waals surface area contributed by atoms with Gasteiger partial charge in [0.25, 0.3) is 0 Å². The Morgan fingerprint density at radius 1 is 1.19 bits per heavy atom. The van der Waals surface area contributed by atoms with Crippen LogP contribution in [0.1, 0.15) is 29.4 Å². The summed E-state index contributed by atoms with van der Waals surface area (Å²) in [6.45, 7) is 17.7. The van der Waals surface area contributed by atoms with Crippen LogP contribution >= 0.6 is 11.3 Å². The summed E-state index contributed by atoms with van der Waals surface area (Å²) in [6, 6.07) is 0. The molecule has 1 aliphatic heterocycles. The predicted molar refractivity (Wildman–Crippen MR) is 112 cm³/mol. The van der Waals surface area contributed by atoms with E-state index in [9.17, 15) is 0 Å². The summed E-state index contributed by atoms with van der Waals surface area (Å²) in [5.41, 5.74) is 1.15. The lowest BCUT2D eigenvalue weighted by Gasteiger charge is -2.35. The second kappa shape index (κ2) is 10.8. The zero-order valence-electron chi connectivity index (χ0n) is 17.1. The number of nitrogens with zero attached hydrogens (tertiary/aromatic N) is 4. The molecule has 1 aromatic heterocycles. The topological polar surface area (TPSA) is 55.8 Å². The van der Waals surface area contributed by atoms with Crippen molar-refractivity contribution in [3.05, 3.63) is 15.6 Å². The van der Waals surface area contributed by atoms with Gasteiger partial charge in [0.1, 0.15) is 0 Å². The van der Waals surface area contributed by atoms with Gasteiger partial charge in [-0.15, -0.1) is 11.3 Å². The normalized spacial score (nSPS) is 18.1. The van der Waals surface area contributed by atoms with E-state index in [4.69, 9.17) is 0 Å². The van der Waals surface area contributed by atoms with Gasteiger partial charge in [-0.05, 0) is 26.3 Å². The van der Waals surface area contributed by atoms with E-state index in [1.807, 2.05) is 7.05 Å². The first-order chi connectivity index (χ1) is 12.5. The highest BCUT2D eigenvalue weighted by Gasteiger charge is 2.17. The van der Waals surface area contributed by atoms with Crippen LogP contribution in [0.4, 0.5) is 0 Å². The first kappa shape index (κ1) is 21.1. The molecule has 0 saturated carbocycles. The average molecular weight is 381 g/mol. The molecule has 1 unspecified atom stereocenters. The third-order valence-electron chi connectivity index (χ3n) is 5.03. The lowest BCUT2D eigenvalue weighted by atomic mass is 10.1. The SMILES string of the molecule is CCN1CCN(CC(C)CNC(=NC)NCCc2nc(C)c(C)s2)CC1. The molecule has 0 aromatic carbocycles. The van der Waals surface area contributed by atoms with Crippen molar-refractivity contribution in [2.75, 3.05) is 59.4 Å². The molecule has 0 bridgehead atoms. The van der Waals surface area contributed by atoms with E-state index in [1.54, 1.807) is 11.3 Å². The average Bonchev–Trinajstić information content (AvgIpc) is 2.96. The largest absolute Gasteiger partial charge is 0.356 e. The number of hydrogen-bond donors (Lipinski definition) is 2. The van der Waals surface area contributed by atoms with Gasteiger partial charge >= 0.3 is 0 Å². The minimum Gasteiger partial charge on any atom is -0.356 e. The zero-order chi connectivity index (χ0) is 18.9. The molecule has 0 amide bonds. The van der Waals surface area contributed by atoms with Crippen LogP contribution in [0.2, 0.25) is 0 Å². The summed E-state index contributed by atoms with van der Waals surface area (Å²) in [7, 11) is 1.83. The number of hydrogen-bond acceptors (Lipinski definition) is 5. The number of aryl methyl sites for hydroxylation is 2. The fourth-order valence-electron chi connectivity index (χ4n) is 3.22. The highest BCUT2D eigenvalue weighted by atomic mass is 32.1. The van der Waals surface area contributed by atoms with Crippen molar-refractivity contribution >= 4 is 17.3 Å². The number of likely N-dealkylation sites (N-methyl/N-ethyl adjacent to an activating group) is 1. The number of thiazole rings is 1. The Hall–Kier alpha value is -1.18. The van der Waals surface area contributed by atoms with Crippen molar-refractivity contribution in [2.24, 2.45) is 10.9 Å². The van der Waals surface area contributed by atoms with Crippen LogP contribution in [-0.4, -0.2) is 80.1 Å². The van der Waals surface area contributed by atoms with Gasteiger partial charge in [0.05, 0.1) is 10.7 Å². The Morgan fingerprint density at radius 3 is 2.46 bits per heavy atom. The molecule has 6 nitrogen and oxygen atoms in total. The third kappa shape index (κ3) is 6.85. The van der Waals surface area contributed by atoms with Crippen molar-refractivity contribution in [3.63, 3.8) is 0 Å². The molecule has 1 atom stereocenters. The van der Waals surface area contributed by atoms with Gasteiger partial charge in [0, 0.05) is 64.2 Å². The molecule has 148 valence electrons. The number of guanidine groups is 1. The second-order valence-corrected chi connectivity index (χ2v) is 8.51. The van der Waals surface area contributed by atoms with Crippen molar-refractivity contribution in [3.8, 4) is 0 Å². The number of aromatic nitrogens is 1. The van der Waals surface area contributed by atoms with E-state index in [2.05, 4.69) is 58.1 Å². The minimum atomic E-state index is 0.603. The summed E-state index contributed by atoms with van der Waals surface area (Å²) in [4.78, 5) is 15.4. The van der Waals surface area contributed by atoms with Gasteiger partial charge in [0.2, 0.25) is 0 Å². The number of nitrogens with one attached hydrogen (secondary N) is 2. The first-order valence-electron chi connectivity index (χ1n) is 9.84. The van der Waals surface area contributed by atoms with Gasteiger partial charge in [-0.3, -0.25) is 4.99 Å². The minimum absolute atomic E-state index is 0.603. The standard InChI is InChI=1S/C19H36N6S/c1-6-24-9-11-25(12-10-24)14-15(2)13-22-19(20-5)21-8-7-18-23-16(3)17(4)26-18/h15H,6-14H2,1-5H3,(H2,20,21,22). The maximum Gasteiger partial charge on any atom is 0.190 e. The highest BCUT2D eigenvalue weighted by Crippen LogP contribution is 2.16. The van der Waals surface area contributed by atoms with E-state index in [-0.39, 0.29) is 0 Å². The van der Waals surface area contributed by atoms with E-state index >= 15 is 0 Å². The Bertz CT molecular complexity index is 543. The molecule has 1 fully saturated rings. The molecule has 0 spiro atoms. The third-order valence-corrected chi connectivity index (χ3v) is 6.16. The summed E-state index contributed by atoms with van der Waals surface area (Å²) in [6.07, 6.45) is 0.942. The molecule has 7 heteroatoms. The van der Waals surface area contributed by atoms with Crippen molar-refractivity contribution in [1.29, 1.82) is 0 Å². The van der Waals surface area contributed by atoms with E-state index in [1.165, 1.54) is 42.6 Å². The molecule has 2 heterocycles. The molecular formula is C19H36N6S. The summed E-state index contributed by atoms with van der Waals surface area (Å²) < 4.78 is 0. The Labute approximate surface area is 163 Å². The molecule has 1 saturated heterocycles. The molecule has 26 heavy (non-hydrogen) atoms. The Balaban J connectivity index is 1.63. The maximum atomic E-state index is 4.59. The quantitative estimate of drug-likeness (QED) is 0.531. The van der Waals surface area contributed by atoms with E-state index in [0.29, 0.717) is 5.92 Å². The smallest absolute Gasteiger partial charge is 0.190 e. The fourth-order valence-corrected chi connectivity index (χ4v) is 4.15. The fraction of sp³-hybridized carbons (Fsp3) is 0.789. The van der Waals surface area contributed by atoms with E-state index in [0.717, 1.165) is 37.7 Å². The lowest BCUT2D eigenvalue weighted by Crippen LogP contribution is -2.48. The molecule has 2 N–H and O–H groups in total. The molecule has 1 aromatic rings. The number of rotatable bonds is 8. The maximum absolute atomic E-state index is 4.59. The Kier molecular flexibility index (Phi) is 8.81. The highest BCUT2D eigenvalue weighted by molar-refractivity contribution is 7.11. The van der Waals surface area contributed by atoms with Crippen molar-refractivity contribution in [2.45, 2.75) is 34.1 Å². The van der Waals surface area contributed by atoms with Crippen LogP contribution < -0.4 is 10.6 Å². The van der Waals surface area contributed by atoms with Crippen molar-refractivity contribution in [1.82, 2.24) is 25.4 Å². The summed E-state index contributed by atoms with van der Waals surface area (Å²) >= 11 is 1.79. The van der Waals surface area contributed by atoms with Crippen LogP contribution in [0.3, 0.4) is 0 Å². The first-order valence-corrected chi connectivity index (χ1v) is 10.7. The monoisotopic (exact) mass is 380 g/mol. The second-order valence-electron chi connectivity index (χ2n) is 7.22. The van der Waals surface area contributed by atoms with Crippen LogP contribution in [-0.2, 0) is 6.42 Å². The van der Waals surface area contributed by atoms with Gasteiger partial charge in [-0.25, -0.2) is 4.98 Å². The van der Waals surface area contributed by atoms with Gasteiger partial charge < -0.3 is 20.4 Å². The van der Waals surface area contributed by atoms with E-state index < -0.39 is 0 Å². The van der Waals surface area contributed by atoms with Gasteiger partial charge in [-0.1, -0.05) is 13.8 Å². The summed E-state index contributed by atoms with van der Waals surface area (Å²) in [5, 5.41) is 8.07. The Morgan fingerprint density at radius 2 is 1.88 bits per heavy atom. The van der Waals surface area contributed by atoms with Gasteiger partial charge in [0.15, 0.2) is 5.96 Å². The predicted octanol–water partition coefficient (Wildman–Crippen LogP) is 1.74. The lowest BCUT2D eigenvalue weighted by molar-refractivity contribution is 0.124. The van der Waals surface area contributed by atoms with Crippen LogP contribution in [0.15, 0.2) is 4.99 Å². The zero-order valence-corrected chi connectivity index (χ0v) is 18.0. The number of aliphatic imine (C=N–C) groups is 1. The molecule has 2 rings (SSSR count). The molecule has 0 aliphatic carbocycles. The van der Waals surface area contributed by atoms with Crippen LogP contribution in [0.5, 0.6) is 0 Å². The van der Waals surface area contributed by atoms with Crippen molar-refractivity contribution < 1.29 is 0 Å².